The van der Waals surface area contributed by atoms with Crippen LogP contribution in [0, 0.1) is 17.0 Å². The van der Waals surface area contributed by atoms with Crippen LogP contribution in [0.1, 0.15) is 59.0 Å². The minimum atomic E-state index is -1.26. The molecule has 0 aliphatic rings. The Kier molecular flexibility index (Phi) is 8.31. The lowest BCUT2D eigenvalue weighted by Crippen LogP contribution is -2.55. The van der Waals surface area contributed by atoms with Gasteiger partial charge in [0.25, 0.3) is 5.91 Å². The summed E-state index contributed by atoms with van der Waals surface area (Å²) in [5.74, 6) is -1.16. The van der Waals surface area contributed by atoms with Crippen molar-refractivity contribution in [2.75, 3.05) is 0 Å². The first-order valence-electron chi connectivity index (χ1n) is 12.1. The Hall–Kier alpha value is -3.10. The average molecular weight is 499 g/mol. The highest BCUT2D eigenvalue weighted by atomic mass is 19.1. The third kappa shape index (κ3) is 5.99. The number of carbonyl (C=O) groups excluding carboxylic acids is 1. The summed E-state index contributed by atoms with van der Waals surface area (Å²) in [7, 11) is 0. The maximum Gasteiger partial charge on any atom is 0.252 e. The second kappa shape index (κ2) is 10.9. The van der Waals surface area contributed by atoms with Gasteiger partial charge in [-0.15, -0.1) is 0 Å². The molecule has 0 aliphatic heterocycles. The van der Waals surface area contributed by atoms with Crippen molar-refractivity contribution in [3.63, 3.8) is 0 Å². The maximum atomic E-state index is 14.8. The summed E-state index contributed by atoms with van der Waals surface area (Å²) in [5, 5.41) is 10.3. The molecular formula is C28H36F2N4O2. The molecule has 3 N–H and O–H groups in total. The van der Waals surface area contributed by atoms with Crippen LogP contribution >= 0.6 is 0 Å². The second-order valence-electron chi connectivity index (χ2n) is 10.5. The lowest BCUT2D eigenvalue weighted by Gasteiger charge is -2.44. The van der Waals surface area contributed by atoms with Gasteiger partial charge in [0.1, 0.15) is 23.6 Å². The molecule has 0 saturated carbocycles. The predicted octanol–water partition coefficient (Wildman–Crippen LogP) is 4.91. The number of benzene rings is 2. The van der Waals surface area contributed by atoms with Crippen LogP contribution in [0.4, 0.5) is 8.78 Å². The van der Waals surface area contributed by atoms with E-state index in [9.17, 15) is 18.7 Å². The largest absolute Gasteiger partial charge is 0.384 e. The van der Waals surface area contributed by atoms with Crippen LogP contribution in [-0.4, -0.2) is 43.7 Å². The van der Waals surface area contributed by atoms with Gasteiger partial charge in [-0.05, 0) is 49.9 Å². The Balaban J connectivity index is 2.28. The fourth-order valence-electron chi connectivity index (χ4n) is 4.34. The van der Waals surface area contributed by atoms with Crippen molar-refractivity contribution < 1.29 is 18.7 Å². The summed E-state index contributed by atoms with van der Waals surface area (Å²) in [4.78, 5) is 19.7. The zero-order valence-electron chi connectivity index (χ0n) is 21.7. The lowest BCUT2D eigenvalue weighted by atomic mass is 9.83. The van der Waals surface area contributed by atoms with E-state index >= 15 is 0 Å². The van der Waals surface area contributed by atoms with E-state index in [1.54, 1.807) is 18.0 Å². The minimum Gasteiger partial charge on any atom is -0.384 e. The fraction of sp³-hybridized carbons (Fsp3) is 0.429. The third-order valence-electron chi connectivity index (χ3n) is 6.36. The summed E-state index contributed by atoms with van der Waals surface area (Å²) < 4.78 is 30.7. The number of imidazole rings is 1. The molecule has 3 rings (SSSR count). The van der Waals surface area contributed by atoms with Crippen molar-refractivity contribution >= 4 is 5.91 Å². The van der Waals surface area contributed by atoms with Gasteiger partial charge in [0, 0.05) is 30.4 Å². The van der Waals surface area contributed by atoms with Crippen molar-refractivity contribution in [3.8, 4) is 11.3 Å². The molecule has 1 amide bonds. The number of nitrogens with two attached hydrogens (primary N) is 1. The van der Waals surface area contributed by atoms with E-state index in [0.29, 0.717) is 12.4 Å². The smallest absolute Gasteiger partial charge is 0.252 e. The molecule has 0 aliphatic carbocycles. The van der Waals surface area contributed by atoms with Gasteiger partial charge in [-0.2, -0.15) is 0 Å². The summed E-state index contributed by atoms with van der Waals surface area (Å²) in [6, 6.07) is 11.5. The quantitative estimate of drug-likeness (QED) is 0.462. The lowest BCUT2D eigenvalue weighted by molar-refractivity contribution is -0.148. The molecular weight excluding hydrogens is 462 g/mol. The number of hydrogen-bond donors (Lipinski definition) is 2. The predicted molar refractivity (Wildman–Crippen MR) is 137 cm³/mol. The van der Waals surface area contributed by atoms with Crippen molar-refractivity contribution in [1.82, 2.24) is 14.5 Å². The van der Waals surface area contributed by atoms with Crippen LogP contribution in [0.5, 0.6) is 0 Å². The van der Waals surface area contributed by atoms with Gasteiger partial charge in [0.05, 0.1) is 11.7 Å². The van der Waals surface area contributed by atoms with Gasteiger partial charge in [0.2, 0.25) is 0 Å². The number of amides is 1. The highest BCUT2D eigenvalue weighted by molar-refractivity contribution is 5.81. The highest BCUT2D eigenvalue weighted by Gasteiger charge is 2.42. The molecule has 0 saturated heterocycles. The molecule has 0 bridgehead atoms. The number of rotatable bonds is 8. The van der Waals surface area contributed by atoms with Crippen LogP contribution in [0.25, 0.3) is 11.3 Å². The van der Waals surface area contributed by atoms with E-state index in [2.05, 4.69) is 0 Å². The van der Waals surface area contributed by atoms with Crippen LogP contribution in [0.2, 0.25) is 0 Å². The minimum absolute atomic E-state index is 0.0318. The molecule has 36 heavy (non-hydrogen) atoms. The number of aromatic nitrogens is 2. The third-order valence-corrected chi connectivity index (χ3v) is 6.36. The Morgan fingerprint density at radius 1 is 1.11 bits per heavy atom. The maximum absolute atomic E-state index is 14.8. The number of carbonyl (C=O) groups is 1. The van der Waals surface area contributed by atoms with E-state index in [1.165, 1.54) is 6.92 Å². The number of nitrogens with zero attached hydrogens (tertiary/aromatic N) is 3. The summed E-state index contributed by atoms with van der Waals surface area (Å²) in [6.07, 6.45) is 0.425. The van der Waals surface area contributed by atoms with Crippen molar-refractivity contribution in [1.29, 1.82) is 0 Å². The number of aliphatic hydroxyl groups excluding tert-OH is 1. The molecule has 1 aromatic heterocycles. The fourth-order valence-corrected chi connectivity index (χ4v) is 4.34. The van der Waals surface area contributed by atoms with Gasteiger partial charge in [0.15, 0.2) is 0 Å². The van der Waals surface area contributed by atoms with Gasteiger partial charge >= 0.3 is 0 Å². The molecule has 3 aromatic rings. The molecule has 2 aromatic carbocycles. The Morgan fingerprint density at radius 2 is 1.75 bits per heavy atom. The van der Waals surface area contributed by atoms with E-state index in [-0.39, 0.29) is 11.3 Å². The first-order chi connectivity index (χ1) is 16.8. The molecule has 194 valence electrons. The van der Waals surface area contributed by atoms with Crippen molar-refractivity contribution in [3.05, 3.63) is 77.8 Å². The van der Waals surface area contributed by atoms with E-state index < -0.39 is 47.2 Å². The standard InChI is InChI=1S/C28H36F2N4O2/c1-17(31)18(2)34(27(36)19(3)35)25(28(4,5)6)26-32-24(22-14-21(29)12-13-23(22)30)16-33(26)15-20-10-8-7-9-11-20/h7-14,16-19,25,35H,15,31H2,1-6H3/t17-,18?,19?,25+/m1/s1. The second-order valence-corrected chi connectivity index (χ2v) is 10.5. The zero-order valence-corrected chi connectivity index (χ0v) is 21.7. The number of hydrogen-bond acceptors (Lipinski definition) is 4. The molecule has 1 heterocycles. The molecule has 0 fully saturated rings. The van der Waals surface area contributed by atoms with Crippen LogP contribution in [-0.2, 0) is 11.3 Å². The van der Waals surface area contributed by atoms with E-state index in [4.69, 9.17) is 10.7 Å². The first-order valence-corrected chi connectivity index (χ1v) is 12.1. The van der Waals surface area contributed by atoms with E-state index in [0.717, 1.165) is 23.8 Å². The summed E-state index contributed by atoms with van der Waals surface area (Å²) in [6.45, 7) is 11.4. The van der Waals surface area contributed by atoms with Gasteiger partial charge < -0.3 is 20.3 Å². The topological polar surface area (TPSA) is 84.4 Å². The van der Waals surface area contributed by atoms with Gasteiger partial charge in [-0.3, -0.25) is 4.79 Å². The van der Waals surface area contributed by atoms with Crippen molar-refractivity contribution in [2.24, 2.45) is 11.1 Å². The molecule has 2 unspecified atom stereocenters. The number of aliphatic hydroxyl groups is 1. The van der Waals surface area contributed by atoms with Crippen LogP contribution in [0.3, 0.4) is 0 Å². The molecule has 0 spiro atoms. The summed E-state index contributed by atoms with van der Waals surface area (Å²) >= 11 is 0. The molecule has 0 radical (unpaired) electrons. The normalized spacial score (nSPS) is 15.3. The molecule has 8 heteroatoms. The summed E-state index contributed by atoms with van der Waals surface area (Å²) in [5.41, 5.74) is 6.95. The monoisotopic (exact) mass is 498 g/mol. The molecule has 4 atom stereocenters. The first kappa shape index (κ1) is 27.5. The Bertz CT molecular complexity index is 1190. The Labute approximate surface area is 211 Å². The van der Waals surface area contributed by atoms with Crippen LogP contribution in [0.15, 0.2) is 54.7 Å². The zero-order chi connectivity index (χ0) is 26.8. The highest BCUT2D eigenvalue weighted by Crippen LogP contribution is 2.41. The van der Waals surface area contributed by atoms with Gasteiger partial charge in [-0.1, -0.05) is 51.1 Å². The Morgan fingerprint density at radius 3 is 2.31 bits per heavy atom. The van der Waals surface area contributed by atoms with Crippen molar-refractivity contribution in [2.45, 2.75) is 72.3 Å². The average Bonchev–Trinajstić information content (AvgIpc) is 3.20. The number of halogens is 2. The van der Waals surface area contributed by atoms with Crippen LogP contribution < -0.4 is 5.73 Å². The van der Waals surface area contributed by atoms with E-state index in [1.807, 2.05) is 62.6 Å². The SMILES string of the molecule is CC(O)C(=O)N(C(C)[C@@H](C)N)[C@@H](c1nc(-c2cc(F)ccc2F)cn1Cc1ccccc1)C(C)(C)C. The van der Waals surface area contributed by atoms with Gasteiger partial charge in [-0.25, -0.2) is 13.8 Å². The molecule has 6 nitrogen and oxygen atoms in total.